The molecule has 0 aromatic heterocycles. The molecule has 0 aliphatic carbocycles. The summed E-state index contributed by atoms with van der Waals surface area (Å²) in [6, 6.07) is 0. The first kappa shape index (κ1) is 18.5. The van der Waals surface area contributed by atoms with E-state index in [-0.39, 0.29) is 17.8 Å². The molecule has 0 heterocycles. The maximum Gasteiger partial charge on any atom is 0.341 e. The van der Waals surface area contributed by atoms with Gasteiger partial charge in [0.15, 0.2) is 0 Å². The molecule has 0 spiro atoms. The van der Waals surface area contributed by atoms with Crippen molar-refractivity contribution in [2.75, 3.05) is 19.8 Å². The molecule has 0 aromatic carbocycles. The van der Waals surface area contributed by atoms with Crippen molar-refractivity contribution >= 4 is 11.9 Å². The van der Waals surface area contributed by atoms with Crippen LogP contribution < -0.4 is 0 Å². The molecular formula is C14H22O6. The van der Waals surface area contributed by atoms with Gasteiger partial charge in [-0.05, 0) is 19.8 Å². The monoisotopic (exact) mass is 286 g/mol. The van der Waals surface area contributed by atoms with E-state index in [2.05, 4.69) is 11.3 Å². The zero-order valence-electron chi connectivity index (χ0n) is 12.0. The van der Waals surface area contributed by atoms with E-state index in [0.29, 0.717) is 0 Å². The molecule has 0 saturated carbocycles. The topological polar surface area (TPSA) is 104 Å². The smallest absolute Gasteiger partial charge is 0.341 e. The van der Waals surface area contributed by atoms with E-state index >= 15 is 0 Å². The maximum atomic E-state index is 11.7. The highest BCUT2D eigenvalue weighted by atomic mass is 16.6. The summed E-state index contributed by atoms with van der Waals surface area (Å²) in [6.07, 6.45) is 1.32. The van der Waals surface area contributed by atoms with Crippen molar-refractivity contribution in [2.45, 2.75) is 20.8 Å². The molecule has 6 heteroatoms. The van der Waals surface area contributed by atoms with Gasteiger partial charge in [0.2, 0.25) is 0 Å². The lowest BCUT2D eigenvalue weighted by molar-refractivity contribution is -0.154. The lowest BCUT2D eigenvalue weighted by Crippen LogP contribution is -2.37. The first-order valence-electron chi connectivity index (χ1n) is 6.18. The third-order valence-electron chi connectivity index (χ3n) is 3.20. The Morgan fingerprint density at radius 3 is 2.05 bits per heavy atom. The fourth-order valence-electron chi connectivity index (χ4n) is 1.52. The molecule has 0 aliphatic rings. The van der Waals surface area contributed by atoms with Crippen LogP contribution >= 0.6 is 0 Å². The number of hydrogen-bond donors (Lipinski definition) is 3. The van der Waals surface area contributed by atoms with Crippen molar-refractivity contribution in [1.82, 2.24) is 0 Å². The largest absolute Gasteiger partial charge is 0.396 e. The molecule has 0 fully saturated rings. The van der Waals surface area contributed by atoms with E-state index in [4.69, 9.17) is 5.11 Å². The molecule has 0 saturated heterocycles. The first-order valence-corrected chi connectivity index (χ1v) is 6.18. The van der Waals surface area contributed by atoms with Gasteiger partial charge in [0.25, 0.3) is 0 Å². The molecule has 20 heavy (non-hydrogen) atoms. The van der Waals surface area contributed by atoms with Crippen LogP contribution in [-0.4, -0.2) is 47.1 Å². The second-order valence-electron chi connectivity index (χ2n) is 4.92. The summed E-state index contributed by atoms with van der Waals surface area (Å²) in [4.78, 5) is 22.9. The highest BCUT2D eigenvalue weighted by molar-refractivity contribution is 6.01. The van der Waals surface area contributed by atoms with Gasteiger partial charge < -0.3 is 20.1 Å². The molecule has 0 rings (SSSR count). The van der Waals surface area contributed by atoms with Crippen LogP contribution in [0, 0.1) is 11.3 Å². The molecule has 6 nitrogen and oxygen atoms in total. The Balaban J connectivity index is 5.20. The minimum atomic E-state index is -1.16. The second-order valence-corrected chi connectivity index (χ2v) is 4.92. The van der Waals surface area contributed by atoms with Crippen LogP contribution in [0.2, 0.25) is 0 Å². The van der Waals surface area contributed by atoms with E-state index in [0.717, 1.165) is 0 Å². The van der Waals surface area contributed by atoms with Crippen molar-refractivity contribution in [3.8, 4) is 0 Å². The maximum absolute atomic E-state index is 11.7. The van der Waals surface area contributed by atoms with Crippen molar-refractivity contribution in [3.05, 3.63) is 23.8 Å². The molecule has 1 atom stereocenters. The number of carbonyl (C=O) groups excluding carboxylic acids is 2. The van der Waals surface area contributed by atoms with Gasteiger partial charge >= 0.3 is 11.9 Å². The van der Waals surface area contributed by atoms with Crippen molar-refractivity contribution in [2.24, 2.45) is 11.3 Å². The predicted molar refractivity (Wildman–Crippen MR) is 72.5 cm³/mol. The SMILES string of the molecule is C=C(C)C(=O)OC(=O)C(C)=CC(CO)(CO)C(C)CO. The van der Waals surface area contributed by atoms with E-state index in [1.807, 2.05) is 0 Å². The number of aliphatic hydroxyl groups is 3. The van der Waals surface area contributed by atoms with Crippen LogP contribution in [0.1, 0.15) is 20.8 Å². The van der Waals surface area contributed by atoms with Gasteiger partial charge in [0.1, 0.15) is 0 Å². The molecule has 3 N–H and O–H groups in total. The van der Waals surface area contributed by atoms with Gasteiger partial charge in [0, 0.05) is 23.2 Å². The van der Waals surface area contributed by atoms with E-state index < -0.39 is 36.5 Å². The van der Waals surface area contributed by atoms with Gasteiger partial charge in [-0.2, -0.15) is 0 Å². The lowest BCUT2D eigenvalue weighted by Gasteiger charge is -2.32. The third-order valence-corrected chi connectivity index (χ3v) is 3.20. The molecule has 1 unspecified atom stereocenters. The number of rotatable bonds is 7. The van der Waals surface area contributed by atoms with Crippen molar-refractivity contribution in [3.63, 3.8) is 0 Å². The standard InChI is InChI=1S/C14H22O6/c1-9(2)12(18)20-13(19)10(3)5-14(7-16,8-17)11(4)6-15/h5,11,15-17H,1,6-8H2,2-4H3. The van der Waals surface area contributed by atoms with E-state index in [1.165, 1.54) is 19.9 Å². The van der Waals surface area contributed by atoms with Crippen molar-refractivity contribution < 1.29 is 29.6 Å². The minimum absolute atomic E-state index is 0.0583. The molecular weight excluding hydrogens is 264 g/mol. The van der Waals surface area contributed by atoms with Crippen LogP contribution in [0.15, 0.2) is 23.8 Å². The lowest BCUT2D eigenvalue weighted by atomic mass is 9.76. The Bertz CT molecular complexity index is 406. The molecule has 0 bridgehead atoms. The van der Waals surface area contributed by atoms with Crippen LogP contribution in [0.5, 0.6) is 0 Å². The van der Waals surface area contributed by atoms with Gasteiger partial charge in [-0.3, -0.25) is 0 Å². The zero-order valence-corrected chi connectivity index (χ0v) is 12.0. The van der Waals surface area contributed by atoms with Gasteiger partial charge in [-0.15, -0.1) is 0 Å². The number of esters is 2. The van der Waals surface area contributed by atoms with Gasteiger partial charge in [-0.1, -0.05) is 19.6 Å². The predicted octanol–water partition coefficient (Wildman–Crippen LogP) is 0.178. The highest BCUT2D eigenvalue weighted by Gasteiger charge is 2.34. The summed E-state index contributed by atoms with van der Waals surface area (Å²) < 4.78 is 4.55. The van der Waals surface area contributed by atoms with E-state index in [1.54, 1.807) is 6.92 Å². The van der Waals surface area contributed by atoms with Gasteiger partial charge in [0.05, 0.1) is 13.2 Å². The Kier molecular flexibility index (Phi) is 7.34. The summed E-state index contributed by atoms with van der Waals surface area (Å²) in [5.74, 6) is -2.19. The molecule has 0 aromatic rings. The number of aliphatic hydroxyl groups excluding tert-OH is 3. The second kappa shape index (κ2) is 7.94. The molecule has 0 aliphatic heterocycles. The molecule has 0 radical (unpaired) electrons. The number of hydrogen-bond acceptors (Lipinski definition) is 6. The van der Waals surface area contributed by atoms with Crippen LogP contribution in [-0.2, 0) is 14.3 Å². The summed E-state index contributed by atoms with van der Waals surface area (Å²) in [5, 5.41) is 28.0. The van der Waals surface area contributed by atoms with E-state index in [9.17, 15) is 19.8 Å². The third kappa shape index (κ3) is 4.56. The fourth-order valence-corrected chi connectivity index (χ4v) is 1.52. The quantitative estimate of drug-likeness (QED) is 0.350. The summed E-state index contributed by atoms with van der Waals surface area (Å²) >= 11 is 0. The Morgan fingerprint density at radius 2 is 1.70 bits per heavy atom. The van der Waals surface area contributed by atoms with Gasteiger partial charge in [-0.25, -0.2) is 9.59 Å². The first-order chi connectivity index (χ1) is 9.23. The summed E-state index contributed by atoms with van der Waals surface area (Å²) in [5.41, 5.74) is -1.02. The fraction of sp³-hybridized carbons (Fsp3) is 0.571. The molecule has 0 amide bonds. The Hall–Kier alpha value is -1.50. The Labute approximate surface area is 118 Å². The number of ether oxygens (including phenoxy) is 1. The average Bonchev–Trinajstić information content (AvgIpc) is 2.43. The minimum Gasteiger partial charge on any atom is -0.396 e. The summed E-state index contributed by atoms with van der Waals surface area (Å²) in [6.45, 7) is 6.61. The summed E-state index contributed by atoms with van der Waals surface area (Å²) in [7, 11) is 0. The van der Waals surface area contributed by atoms with Crippen LogP contribution in [0.25, 0.3) is 0 Å². The van der Waals surface area contributed by atoms with Crippen molar-refractivity contribution in [1.29, 1.82) is 0 Å². The van der Waals surface area contributed by atoms with Crippen LogP contribution in [0.3, 0.4) is 0 Å². The molecule has 114 valence electrons. The normalized spacial score (nSPS) is 13.8. The average molecular weight is 286 g/mol. The van der Waals surface area contributed by atoms with Crippen LogP contribution in [0.4, 0.5) is 0 Å². The Morgan fingerprint density at radius 1 is 1.20 bits per heavy atom. The number of carbonyl (C=O) groups is 2. The zero-order chi connectivity index (χ0) is 15.9. The highest BCUT2D eigenvalue weighted by Crippen LogP contribution is 2.30.